The van der Waals surface area contributed by atoms with Crippen LogP contribution in [-0.4, -0.2) is 30.4 Å². The summed E-state index contributed by atoms with van der Waals surface area (Å²) in [5.74, 6) is 1.28. The second-order valence-corrected chi connectivity index (χ2v) is 5.66. The van der Waals surface area contributed by atoms with Crippen LogP contribution < -0.4 is 5.73 Å². The molecule has 0 radical (unpaired) electrons. The molecule has 0 atom stereocenters. The molecule has 2 aliphatic rings. The SMILES string of the molecule is CC1CCN(CC2(CC(=N)N)CC2)CC1. The van der Waals surface area contributed by atoms with Crippen LogP contribution in [-0.2, 0) is 0 Å². The maximum atomic E-state index is 7.40. The number of rotatable bonds is 4. The predicted octanol–water partition coefficient (Wildman–Crippen LogP) is 1.82. The molecular weight excluding hydrogens is 186 g/mol. The van der Waals surface area contributed by atoms with Crippen LogP contribution in [0, 0.1) is 16.7 Å². The lowest BCUT2D eigenvalue weighted by Gasteiger charge is -2.33. The number of piperidine rings is 1. The Labute approximate surface area is 92.5 Å². The Morgan fingerprint density at radius 1 is 1.40 bits per heavy atom. The minimum Gasteiger partial charge on any atom is -0.388 e. The fourth-order valence-corrected chi connectivity index (χ4v) is 2.67. The lowest BCUT2D eigenvalue weighted by atomic mass is 9.95. The first-order valence-corrected chi connectivity index (χ1v) is 6.15. The summed E-state index contributed by atoms with van der Waals surface area (Å²) in [5, 5.41) is 7.40. The van der Waals surface area contributed by atoms with E-state index in [4.69, 9.17) is 11.1 Å². The Hall–Kier alpha value is -0.570. The van der Waals surface area contributed by atoms with Crippen molar-refractivity contribution in [1.29, 1.82) is 5.41 Å². The van der Waals surface area contributed by atoms with E-state index in [1.165, 1.54) is 45.3 Å². The number of nitrogens with zero attached hydrogens (tertiary/aromatic N) is 1. The third kappa shape index (κ3) is 2.94. The van der Waals surface area contributed by atoms with Crippen LogP contribution in [0.2, 0.25) is 0 Å². The van der Waals surface area contributed by atoms with Crippen LogP contribution in [0.3, 0.4) is 0 Å². The quantitative estimate of drug-likeness (QED) is 0.548. The standard InChI is InChI=1S/C12H23N3/c1-10-2-6-15(7-3-10)9-12(4-5-12)8-11(13)14/h10H,2-9H2,1H3,(H3,13,14). The Balaban J connectivity index is 1.79. The summed E-state index contributed by atoms with van der Waals surface area (Å²) in [5.41, 5.74) is 5.91. The first-order valence-electron chi connectivity index (χ1n) is 6.15. The molecule has 86 valence electrons. The summed E-state index contributed by atoms with van der Waals surface area (Å²) in [6, 6.07) is 0. The number of likely N-dealkylation sites (tertiary alicyclic amines) is 1. The molecule has 2 fully saturated rings. The third-order valence-electron chi connectivity index (χ3n) is 3.96. The second-order valence-electron chi connectivity index (χ2n) is 5.66. The van der Waals surface area contributed by atoms with E-state index in [2.05, 4.69) is 11.8 Å². The van der Waals surface area contributed by atoms with Gasteiger partial charge in [-0.15, -0.1) is 0 Å². The van der Waals surface area contributed by atoms with Gasteiger partial charge in [-0.05, 0) is 50.1 Å². The zero-order chi connectivity index (χ0) is 10.9. The highest BCUT2D eigenvalue weighted by molar-refractivity contribution is 5.78. The van der Waals surface area contributed by atoms with Crippen LogP contribution in [0.1, 0.15) is 39.0 Å². The van der Waals surface area contributed by atoms with Crippen LogP contribution in [0.4, 0.5) is 0 Å². The molecule has 0 bridgehead atoms. The minimum absolute atomic E-state index is 0.373. The van der Waals surface area contributed by atoms with Gasteiger partial charge in [0.25, 0.3) is 0 Å². The van der Waals surface area contributed by atoms with Crippen molar-refractivity contribution in [3.8, 4) is 0 Å². The number of amidine groups is 1. The van der Waals surface area contributed by atoms with E-state index < -0.39 is 0 Å². The highest BCUT2D eigenvalue weighted by atomic mass is 15.1. The summed E-state index contributed by atoms with van der Waals surface area (Å²) in [6.45, 7) is 6.03. The van der Waals surface area contributed by atoms with Gasteiger partial charge in [0, 0.05) is 13.0 Å². The minimum atomic E-state index is 0.373. The zero-order valence-electron chi connectivity index (χ0n) is 9.76. The van der Waals surface area contributed by atoms with E-state index in [9.17, 15) is 0 Å². The molecule has 0 unspecified atom stereocenters. The van der Waals surface area contributed by atoms with Crippen molar-refractivity contribution in [2.24, 2.45) is 17.1 Å². The largest absolute Gasteiger partial charge is 0.388 e. The molecule has 0 aromatic heterocycles. The van der Waals surface area contributed by atoms with E-state index >= 15 is 0 Å². The Morgan fingerprint density at radius 3 is 2.47 bits per heavy atom. The molecule has 15 heavy (non-hydrogen) atoms. The first-order chi connectivity index (χ1) is 7.10. The molecule has 1 saturated heterocycles. The van der Waals surface area contributed by atoms with Gasteiger partial charge in [-0.2, -0.15) is 0 Å². The second kappa shape index (κ2) is 4.12. The van der Waals surface area contributed by atoms with Crippen molar-refractivity contribution in [1.82, 2.24) is 4.90 Å². The van der Waals surface area contributed by atoms with Gasteiger partial charge in [0.1, 0.15) is 0 Å². The normalized spacial score (nSPS) is 26.5. The summed E-state index contributed by atoms with van der Waals surface area (Å²) in [4.78, 5) is 2.58. The molecule has 0 spiro atoms. The van der Waals surface area contributed by atoms with Gasteiger partial charge in [0.05, 0.1) is 5.84 Å². The van der Waals surface area contributed by atoms with E-state index in [1.807, 2.05) is 0 Å². The summed E-state index contributed by atoms with van der Waals surface area (Å²) in [6.07, 6.45) is 6.06. The van der Waals surface area contributed by atoms with Crippen LogP contribution >= 0.6 is 0 Å². The van der Waals surface area contributed by atoms with E-state index in [-0.39, 0.29) is 0 Å². The smallest absolute Gasteiger partial charge is 0.0911 e. The first kappa shape index (κ1) is 10.9. The molecule has 1 saturated carbocycles. The van der Waals surface area contributed by atoms with E-state index in [1.54, 1.807) is 0 Å². The molecule has 1 aliphatic heterocycles. The number of hydrogen-bond acceptors (Lipinski definition) is 2. The van der Waals surface area contributed by atoms with Crippen molar-refractivity contribution in [2.45, 2.75) is 39.0 Å². The highest BCUT2D eigenvalue weighted by Crippen LogP contribution is 2.49. The number of nitrogens with two attached hydrogens (primary N) is 1. The van der Waals surface area contributed by atoms with Crippen molar-refractivity contribution >= 4 is 5.84 Å². The summed E-state index contributed by atoms with van der Waals surface area (Å²) in [7, 11) is 0. The third-order valence-corrected chi connectivity index (χ3v) is 3.96. The molecular formula is C12H23N3. The van der Waals surface area contributed by atoms with Gasteiger partial charge in [0.2, 0.25) is 0 Å². The van der Waals surface area contributed by atoms with Crippen LogP contribution in [0.15, 0.2) is 0 Å². The number of nitrogens with one attached hydrogen (secondary N) is 1. The summed E-state index contributed by atoms with van der Waals surface area (Å²) >= 11 is 0. The van der Waals surface area contributed by atoms with Gasteiger partial charge in [-0.1, -0.05) is 6.92 Å². The average Bonchev–Trinajstić information content (AvgIpc) is 2.88. The summed E-state index contributed by atoms with van der Waals surface area (Å²) < 4.78 is 0. The van der Waals surface area contributed by atoms with Crippen molar-refractivity contribution in [2.75, 3.05) is 19.6 Å². The van der Waals surface area contributed by atoms with E-state index in [0.29, 0.717) is 11.3 Å². The van der Waals surface area contributed by atoms with Gasteiger partial charge in [-0.25, -0.2) is 0 Å². The molecule has 3 N–H and O–H groups in total. The fraction of sp³-hybridized carbons (Fsp3) is 0.917. The Bertz CT molecular complexity index is 237. The van der Waals surface area contributed by atoms with Gasteiger partial charge in [-0.3, -0.25) is 5.41 Å². The monoisotopic (exact) mass is 209 g/mol. The van der Waals surface area contributed by atoms with Gasteiger partial charge >= 0.3 is 0 Å². The molecule has 1 heterocycles. The van der Waals surface area contributed by atoms with Crippen LogP contribution in [0.5, 0.6) is 0 Å². The molecule has 1 aliphatic carbocycles. The van der Waals surface area contributed by atoms with Crippen molar-refractivity contribution < 1.29 is 0 Å². The topological polar surface area (TPSA) is 53.1 Å². The molecule has 2 rings (SSSR count). The van der Waals surface area contributed by atoms with Gasteiger partial charge < -0.3 is 10.6 Å². The highest BCUT2D eigenvalue weighted by Gasteiger charge is 2.44. The van der Waals surface area contributed by atoms with Crippen molar-refractivity contribution in [3.63, 3.8) is 0 Å². The molecule has 3 heteroatoms. The maximum absolute atomic E-state index is 7.40. The Kier molecular flexibility index (Phi) is 3.01. The van der Waals surface area contributed by atoms with Crippen molar-refractivity contribution in [3.05, 3.63) is 0 Å². The van der Waals surface area contributed by atoms with Gasteiger partial charge in [0.15, 0.2) is 0 Å². The number of hydrogen-bond donors (Lipinski definition) is 2. The lowest BCUT2D eigenvalue weighted by molar-refractivity contribution is 0.161. The molecule has 0 aromatic carbocycles. The Morgan fingerprint density at radius 2 is 2.00 bits per heavy atom. The van der Waals surface area contributed by atoms with Crippen LogP contribution in [0.25, 0.3) is 0 Å². The zero-order valence-corrected chi connectivity index (χ0v) is 9.76. The molecule has 0 amide bonds. The van der Waals surface area contributed by atoms with E-state index in [0.717, 1.165) is 12.3 Å². The maximum Gasteiger partial charge on any atom is 0.0911 e. The predicted molar refractivity (Wildman–Crippen MR) is 63.0 cm³/mol. The average molecular weight is 209 g/mol. The lowest BCUT2D eigenvalue weighted by Crippen LogP contribution is -2.38. The molecule has 0 aromatic rings. The molecule has 3 nitrogen and oxygen atoms in total. The fourth-order valence-electron chi connectivity index (χ4n) is 2.67.